The number of nitrogens with one attached hydrogen (secondary N) is 2. The Morgan fingerprint density at radius 2 is 1.81 bits per heavy atom. The summed E-state index contributed by atoms with van der Waals surface area (Å²) >= 11 is 0. The minimum atomic E-state index is -0.782. The predicted octanol–water partition coefficient (Wildman–Crippen LogP) is 2.01. The third-order valence-corrected chi connectivity index (χ3v) is 2.61. The van der Waals surface area contributed by atoms with E-state index < -0.39 is 17.7 Å². The second-order valence-electron chi connectivity index (χ2n) is 5.64. The zero-order valence-corrected chi connectivity index (χ0v) is 12.7. The van der Waals surface area contributed by atoms with Crippen molar-refractivity contribution in [3.8, 4) is 0 Å². The van der Waals surface area contributed by atoms with Crippen molar-refractivity contribution < 1.29 is 18.7 Å². The summed E-state index contributed by atoms with van der Waals surface area (Å²) in [5.41, 5.74) is 0.0915. The smallest absolute Gasteiger partial charge is 0.408 e. The van der Waals surface area contributed by atoms with E-state index in [1.807, 2.05) is 0 Å². The van der Waals surface area contributed by atoms with Gasteiger partial charge in [0.1, 0.15) is 17.5 Å². The van der Waals surface area contributed by atoms with Gasteiger partial charge in [0, 0.05) is 13.5 Å². The molecule has 0 heterocycles. The molecule has 1 aromatic carbocycles. The number of halogens is 1. The molecule has 0 saturated heterocycles. The average Bonchev–Trinajstić information content (AvgIpc) is 2.37. The second kappa shape index (κ2) is 7.06. The van der Waals surface area contributed by atoms with Crippen LogP contribution in [0.1, 0.15) is 26.3 Å². The van der Waals surface area contributed by atoms with E-state index in [1.54, 1.807) is 32.9 Å². The van der Waals surface area contributed by atoms with E-state index in [0.717, 1.165) is 5.56 Å². The lowest BCUT2D eigenvalue weighted by atomic mass is 10.1. The van der Waals surface area contributed by atoms with Gasteiger partial charge < -0.3 is 15.4 Å². The lowest BCUT2D eigenvalue weighted by Crippen LogP contribution is -2.48. The van der Waals surface area contributed by atoms with Crippen LogP contribution in [0.3, 0.4) is 0 Å². The molecule has 0 aliphatic heterocycles. The highest BCUT2D eigenvalue weighted by molar-refractivity contribution is 5.85. The van der Waals surface area contributed by atoms with E-state index in [0.29, 0.717) is 0 Å². The number of amides is 2. The molecule has 6 heteroatoms. The summed E-state index contributed by atoms with van der Waals surface area (Å²) in [6, 6.07) is 4.98. The third kappa shape index (κ3) is 6.25. The molecule has 1 rings (SSSR count). The highest BCUT2D eigenvalue weighted by Crippen LogP contribution is 2.09. The zero-order chi connectivity index (χ0) is 16.0. The van der Waals surface area contributed by atoms with E-state index in [2.05, 4.69) is 10.6 Å². The Morgan fingerprint density at radius 3 is 2.29 bits per heavy atom. The van der Waals surface area contributed by atoms with Gasteiger partial charge in [0.05, 0.1) is 0 Å². The van der Waals surface area contributed by atoms with Gasteiger partial charge in [-0.25, -0.2) is 9.18 Å². The van der Waals surface area contributed by atoms with Crippen LogP contribution >= 0.6 is 0 Å². The second-order valence-corrected chi connectivity index (χ2v) is 5.64. The Hall–Kier alpha value is -2.11. The van der Waals surface area contributed by atoms with Crippen molar-refractivity contribution in [2.75, 3.05) is 7.05 Å². The molecule has 1 aromatic rings. The summed E-state index contributed by atoms with van der Waals surface area (Å²) in [5, 5.41) is 5.00. The number of hydrogen-bond donors (Lipinski definition) is 2. The van der Waals surface area contributed by atoms with Crippen LogP contribution < -0.4 is 10.6 Å². The van der Waals surface area contributed by atoms with Gasteiger partial charge in [-0.15, -0.1) is 0 Å². The molecule has 21 heavy (non-hydrogen) atoms. The fourth-order valence-corrected chi connectivity index (χ4v) is 1.69. The predicted molar refractivity (Wildman–Crippen MR) is 77.3 cm³/mol. The van der Waals surface area contributed by atoms with Crippen LogP contribution in [-0.2, 0) is 16.0 Å². The summed E-state index contributed by atoms with van der Waals surface area (Å²) in [6.45, 7) is 5.21. The number of carbonyl (C=O) groups excluding carboxylic acids is 2. The Morgan fingerprint density at radius 1 is 1.24 bits per heavy atom. The molecule has 1 atom stereocenters. The fourth-order valence-electron chi connectivity index (χ4n) is 1.69. The van der Waals surface area contributed by atoms with Crippen LogP contribution in [-0.4, -0.2) is 30.7 Å². The largest absolute Gasteiger partial charge is 0.444 e. The quantitative estimate of drug-likeness (QED) is 0.893. The minimum Gasteiger partial charge on any atom is -0.444 e. The standard InChI is InChI=1S/C15H21FN2O3/c1-15(2,3)21-14(20)18-12(13(19)17-4)9-10-5-7-11(16)8-6-10/h5-8,12H,9H2,1-4H3,(H,17,19)(H,18,20). The molecule has 0 aliphatic rings. The summed E-state index contributed by atoms with van der Waals surface area (Å²) in [5.74, 6) is -0.694. The fraction of sp³-hybridized carbons (Fsp3) is 0.467. The van der Waals surface area contributed by atoms with Gasteiger partial charge in [-0.1, -0.05) is 12.1 Å². The molecular formula is C15H21FN2O3. The van der Waals surface area contributed by atoms with Crippen LogP contribution in [0.4, 0.5) is 9.18 Å². The summed E-state index contributed by atoms with van der Waals surface area (Å²) < 4.78 is 18.0. The molecule has 2 amide bonds. The minimum absolute atomic E-state index is 0.249. The van der Waals surface area contributed by atoms with E-state index >= 15 is 0 Å². The molecule has 0 saturated carbocycles. The molecular weight excluding hydrogens is 275 g/mol. The molecule has 0 spiro atoms. The first-order valence-electron chi connectivity index (χ1n) is 6.67. The SMILES string of the molecule is CNC(=O)C(Cc1ccc(F)cc1)NC(=O)OC(C)(C)C. The highest BCUT2D eigenvalue weighted by atomic mass is 19.1. The van der Waals surface area contributed by atoms with Gasteiger partial charge in [0.15, 0.2) is 0 Å². The molecule has 0 aliphatic carbocycles. The lowest BCUT2D eigenvalue weighted by molar-refractivity contribution is -0.122. The lowest BCUT2D eigenvalue weighted by Gasteiger charge is -2.23. The number of hydrogen-bond acceptors (Lipinski definition) is 3. The van der Waals surface area contributed by atoms with Gasteiger partial charge in [-0.3, -0.25) is 4.79 Å². The van der Waals surface area contributed by atoms with Crippen LogP contribution in [0.25, 0.3) is 0 Å². The van der Waals surface area contributed by atoms with E-state index in [1.165, 1.54) is 19.2 Å². The molecule has 5 nitrogen and oxygen atoms in total. The van der Waals surface area contributed by atoms with Gasteiger partial charge in [-0.2, -0.15) is 0 Å². The Kier molecular flexibility index (Phi) is 5.69. The molecule has 0 bridgehead atoms. The number of benzene rings is 1. The van der Waals surface area contributed by atoms with E-state index in [-0.39, 0.29) is 18.1 Å². The monoisotopic (exact) mass is 296 g/mol. The van der Waals surface area contributed by atoms with Crippen LogP contribution in [0.5, 0.6) is 0 Å². The van der Waals surface area contributed by atoms with Gasteiger partial charge >= 0.3 is 6.09 Å². The first-order chi connectivity index (χ1) is 9.71. The molecule has 116 valence electrons. The summed E-state index contributed by atoms with van der Waals surface area (Å²) in [4.78, 5) is 23.6. The number of alkyl carbamates (subject to hydrolysis) is 1. The highest BCUT2D eigenvalue weighted by Gasteiger charge is 2.23. The van der Waals surface area contributed by atoms with Crippen LogP contribution in [0.2, 0.25) is 0 Å². The van der Waals surface area contributed by atoms with Gasteiger partial charge in [0.25, 0.3) is 0 Å². The van der Waals surface area contributed by atoms with Crippen molar-refractivity contribution in [1.29, 1.82) is 0 Å². The molecule has 2 N–H and O–H groups in total. The summed E-state index contributed by atoms with van der Waals surface area (Å²) in [6.07, 6.45) is -0.419. The zero-order valence-electron chi connectivity index (χ0n) is 12.7. The van der Waals surface area contributed by atoms with Gasteiger partial charge in [-0.05, 0) is 38.5 Å². The topological polar surface area (TPSA) is 67.4 Å². The number of likely N-dealkylation sites (N-methyl/N-ethyl adjacent to an activating group) is 1. The average molecular weight is 296 g/mol. The van der Waals surface area contributed by atoms with Crippen molar-refractivity contribution in [3.05, 3.63) is 35.6 Å². The van der Waals surface area contributed by atoms with Crippen molar-refractivity contribution in [2.24, 2.45) is 0 Å². The molecule has 0 fully saturated rings. The number of carbonyl (C=O) groups is 2. The maximum atomic E-state index is 12.9. The third-order valence-electron chi connectivity index (χ3n) is 2.61. The van der Waals surface area contributed by atoms with E-state index in [9.17, 15) is 14.0 Å². The van der Waals surface area contributed by atoms with Crippen molar-refractivity contribution in [2.45, 2.75) is 38.8 Å². The molecule has 1 unspecified atom stereocenters. The van der Waals surface area contributed by atoms with E-state index in [4.69, 9.17) is 4.74 Å². The Labute approximate surface area is 123 Å². The van der Waals surface area contributed by atoms with Crippen LogP contribution in [0.15, 0.2) is 24.3 Å². The van der Waals surface area contributed by atoms with Crippen LogP contribution in [0, 0.1) is 5.82 Å². The number of rotatable bonds is 4. The first-order valence-corrected chi connectivity index (χ1v) is 6.67. The maximum absolute atomic E-state index is 12.9. The Balaban J connectivity index is 2.74. The summed E-state index contributed by atoms with van der Waals surface area (Å²) in [7, 11) is 1.48. The number of ether oxygens (including phenoxy) is 1. The van der Waals surface area contributed by atoms with Crippen molar-refractivity contribution >= 4 is 12.0 Å². The first kappa shape index (κ1) is 16.9. The van der Waals surface area contributed by atoms with Crippen molar-refractivity contribution in [1.82, 2.24) is 10.6 Å². The maximum Gasteiger partial charge on any atom is 0.408 e. The molecule has 0 radical (unpaired) electrons. The Bertz CT molecular complexity index is 495. The normalized spacial score (nSPS) is 12.4. The molecule has 0 aromatic heterocycles. The van der Waals surface area contributed by atoms with Gasteiger partial charge in [0.2, 0.25) is 5.91 Å². The van der Waals surface area contributed by atoms with Crippen molar-refractivity contribution in [3.63, 3.8) is 0 Å².